The van der Waals surface area contributed by atoms with Crippen LogP contribution in [0.5, 0.6) is 0 Å². The Morgan fingerprint density at radius 3 is 3.00 bits per heavy atom. The molecule has 0 saturated carbocycles. The topological polar surface area (TPSA) is 57.3 Å². The van der Waals surface area contributed by atoms with Gasteiger partial charge in [-0.05, 0) is 25.0 Å². The Morgan fingerprint density at radius 2 is 2.30 bits per heavy atom. The number of aliphatic imine (C=N–C) groups is 1. The van der Waals surface area contributed by atoms with Crippen LogP contribution < -0.4 is 5.73 Å². The van der Waals surface area contributed by atoms with E-state index < -0.39 is 0 Å². The lowest BCUT2D eigenvalue weighted by atomic mass is 10.1. The minimum Gasteiger partial charge on any atom is -0.337 e. The van der Waals surface area contributed by atoms with Gasteiger partial charge in [-0.15, -0.1) is 0 Å². The number of fused-ring (bicyclic) bond motifs is 2. The zero-order valence-corrected chi connectivity index (χ0v) is 12.2. The molecule has 6 nitrogen and oxygen atoms in total. The van der Waals surface area contributed by atoms with Crippen LogP contribution in [0.1, 0.15) is 20.3 Å². The average Bonchev–Trinajstić information content (AvgIpc) is 2.86. The molecule has 108 valence electrons. The van der Waals surface area contributed by atoms with Crippen LogP contribution in [0, 0.1) is 0 Å². The number of hydrogen-bond donors (Lipinski definition) is 1. The van der Waals surface area contributed by atoms with Crippen LogP contribution in [0.4, 0.5) is 0 Å². The van der Waals surface area contributed by atoms with Crippen molar-refractivity contribution >= 4 is 6.21 Å². The van der Waals surface area contributed by atoms with E-state index in [0.717, 1.165) is 35.8 Å². The Hall–Kier alpha value is -1.79. The van der Waals surface area contributed by atoms with E-state index in [2.05, 4.69) is 34.7 Å². The van der Waals surface area contributed by atoms with Gasteiger partial charge in [-0.3, -0.25) is 9.83 Å². The van der Waals surface area contributed by atoms with E-state index in [1.807, 2.05) is 12.4 Å². The smallest absolute Gasteiger partial charge is 0.138 e. The lowest BCUT2D eigenvalue weighted by Crippen LogP contribution is -2.50. The fraction of sp³-hybridized carbons (Fsp3) is 0.500. The zero-order chi connectivity index (χ0) is 14.3. The van der Waals surface area contributed by atoms with Crippen molar-refractivity contribution in [1.29, 1.82) is 0 Å². The van der Waals surface area contributed by atoms with Gasteiger partial charge in [0.05, 0.1) is 25.2 Å². The van der Waals surface area contributed by atoms with Crippen molar-refractivity contribution in [1.82, 2.24) is 14.9 Å². The summed E-state index contributed by atoms with van der Waals surface area (Å²) in [6.07, 6.45) is 6.87. The van der Waals surface area contributed by atoms with E-state index in [-0.39, 0.29) is 6.17 Å². The number of nitrogens with two attached hydrogens (primary N) is 1. The fourth-order valence-corrected chi connectivity index (χ4v) is 2.78. The van der Waals surface area contributed by atoms with Gasteiger partial charge in [0.1, 0.15) is 24.4 Å². The van der Waals surface area contributed by atoms with Gasteiger partial charge in [0, 0.05) is 6.54 Å². The van der Waals surface area contributed by atoms with Crippen molar-refractivity contribution in [2.45, 2.75) is 26.4 Å². The monoisotopic (exact) mass is 275 g/mol. The molecule has 0 aromatic rings. The second-order valence-electron chi connectivity index (χ2n) is 5.22. The summed E-state index contributed by atoms with van der Waals surface area (Å²) in [4.78, 5) is 14.3. The molecule has 0 aromatic carbocycles. The van der Waals surface area contributed by atoms with Crippen LogP contribution in [0.15, 0.2) is 40.1 Å². The van der Waals surface area contributed by atoms with Crippen LogP contribution in [-0.2, 0) is 4.84 Å². The van der Waals surface area contributed by atoms with E-state index in [0.29, 0.717) is 6.67 Å². The molecular formula is C14H21N5O. The molecule has 1 unspecified atom stereocenters. The van der Waals surface area contributed by atoms with Crippen molar-refractivity contribution in [2.24, 2.45) is 10.7 Å². The van der Waals surface area contributed by atoms with Crippen molar-refractivity contribution in [3.8, 4) is 0 Å². The van der Waals surface area contributed by atoms with Crippen LogP contribution >= 0.6 is 0 Å². The van der Waals surface area contributed by atoms with E-state index in [1.54, 1.807) is 12.2 Å². The summed E-state index contributed by atoms with van der Waals surface area (Å²) in [6.45, 7) is 5.80. The summed E-state index contributed by atoms with van der Waals surface area (Å²) in [5, 5.41) is 1.79. The summed E-state index contributed by atoms with van der Waals surface area (Å²) in [5.41, 5.74) is 9.50. The molecule has 0 saturated heterocycles. The molecule has 0 amide bonds. The maximum atomic E-state index is 6.35. The van der Waals surface area contributed by atoms with Crippen LogP contribution in [0.2, 0.25) is 0 Å². The van der Waals surface area contributed by atoms with Gasteiger partial charge in [0.15, 0.2) is 0 Å². The zero-order valence-electron chi connectivity index (χ0n) is 12.2. The average molecular weight is 275 g/mol. The standard InChI is InChI=1S/C14H21N5O/c1-4-5-18-13(15)10(2)6-12-14(18)19-9-17(20-3)8-11(19)7-16-12/h6-8,13H,4-5,9,15H2,1-3H3. The number of nitrogens with zero attached hydrogens (tertiary/aromatic N) is 4. The first kappa shape index (κ1) is 13.2. The molecular weight excluding hydrogens is 254 g/mol. The molecule has 0 fully saturated rings. The molecule has 0 aliphatic carbocycles. The lowest BCUT2D eigenvalue weighted by molar-refractivity contribution is -0.0975. The highest BCUT2D eigenvalue weighted by Gasteiger charge is 2.35. The lowest BCUT2D eigenvalue weighted by Gasteiger charge is -2.42. The first-order valence-electron chi connectivity index (χ1n) is 6.94. The minimum atomic E-state index is -0.0835. The third-order valence-corrected chi connectivity index (χ3v) is 3.83. The molecule has 6 heteroatoms. The number of allylic oxidation sites excluding steroid dienone is 2. The maximum absolute atomic E-state index is 6.35. The largest absolute Gasteiger partial charge is 0.337 e. The van der Waals surface area contributed by atoms with Crippen LogP contribution in [0.3, 0.4) is 0 Å². The quantitative estimate of drug-likeness (QED) is 0.838. The Labute approximate surface area is 119 Å². The van der Waals surface area contributed by atoms with E-state index in [9.17, 15) is 0 Å². The molecule has 1 atom stereocenters. The van der Waals surface area contributed by atoms with E-state index in [1.165, 1.54) is 0 Å². The Morgan fingerprint density at radius 1 is 1.50 bits per heavy atom. The second kappa shape index (κ2) is 4.96. The minimum absolute atomic E-state index is 0.0835. The molecule has 0 spiro atoms. The summed E-state index contributed by atoms with van der Waals surface area (Å²) in [5.74, 6) is 1.08. The Kier molecular flexibility index (Phi) is 3.27. The summed E-state index contributed by atoms with van der Waals surface area (Å²) in [6, 6.07) is 0. The van der Waals surface area contributed by atoms with E-state index >= 15 is 0 Å². The summed E-state index contributed by atoms with van der Waals surface area (Å²) in [7, 11) is 1.67. The molecule has 3 heterocycles. The SMILES string of the molecule is CCCN1C2=C(C=C(C)C1N)N=CC1=CN(OC)CN12. The van der Waals surface area contributed by atoms with Gasteiger partial charge in [-0.1, -0.05) is 6.92 Å². The highest BCUT2D eigenvalue weighted by atomic mass is 16.7. The van der Waals surface area contributed by atoms with Gasteiger partial charge in [-0.2, -0.15) is 0 Å². The number of hydrogen-bond acceptors (Lipinski definition) is 6. The van der Waals surface area contributed by atoms with Crippen molar-refractivity contribution in [3.05, 3.63) is 35.1 Å². The van der Waals surface area contributed by atoms with Gasteiger partial charge < -0.3 is 15.5 Å². The molecule has 3 aliphatic heterocycles. The molecule has 2 N–H and O–H groups in total. The number of hydroxylamine groups is 2. The maximum Gasteiger partial charge on any atom is 0.138 e. The highest BCUT2D eigenvalue weighted by molar-refractivity contribution is 5.81. The van der Waals surface area contributed by atoms with Crippen molar-refractivity contribution in [3.63, 3.8) is 0 Å². The molecule has 3 rings (SSSR count). The van der Waals surface area contributed by atoms with Gasteiger partial charge in [0.25, 0.3) is 0 Å². The first-order valence-corrected chi connectivity index (χ1v) is 6.94. The first-order chi connectivity index (χ1) is 9.65. The summed E-state index contributed by atoms with van der Waals surface area (Å²) < 4.78 is 0. The Balaban J connectivity index is 2.01. The molecule has 0 bridgehead atoms. The fourth-order valence-electron chi connectivity index (χ4n) is 2.78. The Bertz CT molecular complexity index is 534. The van der Waals surface area contributed by atoms with Gasteiger partial charge >= 0.3 is 0 Å². The molecule has 20 heavy (non-hydrogen) atoms. The molecule has 0 aromatic heterocycles. The van der Waals surface area contributed by atoms with Crippen LogP contribution in [-0.4, -0.2) is 47.6 Å². The third kappa shape index (κ3) is 1.92. The highest BCUT2D eigenvalue weighted by Crippen LogP contribution is 2.34. The summed E-state index contributed by atoms with van der Waals surface area (Å²) >= 11 is 0. The van der Waals surface area contributed by atoms with Gasteiger partial charge in [-0.25, -0.2) is 5.06 Å². The molecule has 0 radical (unpaired) electrons. The predicted molar refractivity (Wildman–Crippen MR) is 77.9 cm³/mol. The number of rotatable bonds is 3. The van der Waals surface area contributed by atoms with Gasteiger partial charge in [0.2, 0.25) is 0 Å². The van der Waals surface area contributed by atoms with E-state index in [4.69, 9.17) is 10.6 Å². The second-order valence-corrected chi connectivity index (χ2v) is 5.22. The normalized spacial score (nSPS) is 24.8. The van der Waals surface area contributed by atoms with Crippen molar-refractivity contribution in [2.75, 3.05) is 20.3 Å². The third-order valence-electron chi connectivity index (χ3n) is 3.83. The predicted octanol–water partition coefficient (Wildman–Crippen LogP) is 1.17. The van der Waals surface area contributed by atoms with Crippen molar-refractivity contribution < 1.29 is 4.84 Å². The molecule has 3 aliphatic rings. The van der Waals surface area contributed by atoms with Crippen LogP contribution in [0.25, 0.3) is 0 Å².